The molecule has 1 aliphatic rings. The first-order valence-electron chi connectivity index (χ1n) is 5.24. The Balaban J connectivity index is 2.67. The van der Waals surface area contributed by atoms with Crippen molar-refractivity contribution in [1.29, 1.82) is 0 Å². The third kappa shape index (κ3) is 3.14. The zero-order valence-corrected chi connectivity index (χ0v) is 10.2. The molecule has 1 aliphatic carbocycles. The normalized spacial score (nSPS) is 21.7. The topological polar surface area (TPSA) is 66.8 Å². The minimum absolute atomic E-state index is 0.0458. The van der Waals surface area contributed by atoms with Crippen LogP contribution in [0.5, 0.6) is 0 Å². The molecule has 0 bridgehead atoms. The van der Waals surface area contributed by atoms with Crippen molar-refractivity contribution in [1.82, 2.24) is 5.06 Å². The van der Waals surface area contributed by atoms with Gasteiger partial charge < -0.3 is 0 Å². The monoisotopic (exact) mass is 237 g/mol. The standard InChI is InChI=1S/C9H19NO4S/c1-4-8(9(5-2)6-7-9)10(3)14-15(11,12)13/h8H,4-7H2,1-3H3,(H,11,12,13). The van der Waals surface area contributed by atoms with Crippen molar-refractivity contribution >= 4 is 10.4 Å². The fraction of sp³-hybridized carbons (Fsp3) is 1.00. The Labute approximate surface area is 91.3 Å². The van der Waals surface area contributed by atoms with Crippen molar-refractivity contribution in [3.05, 3.63) is 0 Å². The Morgan fingerprint density at radius 1 is 1.47 bits per heavy atom. The van der Waals surface area contributed by atoms with E-state index in [-0.39, 0.29) is 11.5 Å². The molecule has 1 fully saturated rings. The van der Waals surface area contributed by atoms with Gasteiger partial charge in [-0.25, -0.2) is 0 Å². The summed E-state index contributed by atoms with van der Waals surface area (Å²) < 4.78 is 34.3. The Kier molecular flexibility index (Phi) is 3.76. The SMILES string of the molecule is CCC(N(C)OS(=O)(=O)O)C1(CC)CC1. The molecule has 5 nitrogen and oxygen atoms in total. The maximum absolute atomic E-state index is 10.6. The van der Waals surface area contributed by atoms with Crippen molar-refractivity contribution in [2.75, 3.05) is 7.05 Å². The predicted molar refractivity (Wildman–Crippen MR) is 56.4 cm³/mol. The summed E-state index contributed by atoms with van der Waals surface area (Å²) in [5.74, 6) is 0. The molecule has 0 radical (unpaired) electrons. The van der Waals surface area contributed by atoms with E-state index in [1.807, 2.05) is 6.92 Å². The number of hydrogen-bond donors (Lipinski definition) is 1. The van der Waals surface area contributed by atoms with Crippen LogP contribution in [0.1, 0.15) is 39.5 Å². The molecule has 0 aromatic carbocycles. The lowest BCUT2D eigenvalue weighted by Gasteiger charge is -2.31. The largest absolute Gasteiger partial charge is 0.413 e. The Hall–Kier alpha value is -0.170. The summed E-state index contributed by atoms with van der Waals surface area (Å²) in [5.41, 5.74) is 0.175. The first-order valence-corrected chi connectivity index (χ1v) is 6.61. The van der Waals surface area contributed by atoms with E-state index in [1.165, 1.54) is 5.06 Å². The second-order valence-corrected chi connectivity index (χ2v) is 5.19. The van der Waals surface area contributed by atoms with E-state index in [9.17, 15) is 8.42 Å². The van der Waals surface area contributed by atoms with Gasteiger partial charge in [0.25, 0.3) is 0 Å². The van der Waals surface area contributed by atoms with E-state index in [1.54, 1.807) is 7.05 Å². The molecule has 0 aliphatic heterocycles. The van der Waals surface area contributed by atoms with Crippen LogP contribution in [0.25, 0.3) is 0 Å². The number of hydrogen-bond acceptors (Lipinski definition) is 4. The minimum Gasteiger partial charge on any atom is -0.262 e. The van der Waals surface area contributed by atoms with Crippen LogP contribution in [-0.4, -0.2) is 31.1 Å². The highest BCUT2D eigenvalue weighted by Gasteiger charge is 2.49. The molecular formula is C9H19NO4S. The Bertz CT molecular complexity index is 310. The molecule has 1 atom stereocenters. The lowest BCUT2D eigenvalue weighted by atomic mass is 9.91. The molecule has 0 aromatic heterocycles. The van der Waals surface area contributed by atoms with Gasteiger partial charge in [-0.2, -0.15) is 17.8 Å². The molecule has 15 heavy (non-hydrogen) atoms. The van der Waals surface area contributed by atoms with Gasteiger partial charge in [-0.1, -0.05) is 13.8 Å². The summed E-state index contributed by atoms with van der Waals surface area (Å²) in [7, 11) is -2.84. The molecule has 0 saturated heterocycles. The number of nitrogens with zero attached hydrogens (tertiary/aromatic N) is 1. The summed E-state index contributed by atoms with van der Waals surface area (Å²) in [5, 5.41) is 1.27. The van der Waals surface area contributed by atoms with Gasteiger partial charge in [0.1, 0.15) is 0 Å². The molecule has 6 heteroatoms. The van der Waals surface area contributed by atoms with Gasteiger partial charge in [-0.05, 0) is 31.1 Å². The third-order valence-electron chi connectivity index (χ3n) is 3.34. The molecule has 1 saturated carbocycles. The van der Waals surface area contributed by atoms with Crippen LogP contribution < -0.4 is 0 Å². The minimum atomic E-state index is -4.39. The maximum atomic E-state index is 10.6. The van der Waals surface area contributed by atoms with Crippen LogP contribution in [0.4, 0.5) is 0 Å². The van der Waals surface area contributed by atoms with Gasteiger partial charge in [-0.15, -0.1) is 0 Å². The molecular weight excluding hydrogens is 218 g/mol. The van der Waals surface area contributed by atoms with Crippen LogP contribution in [0, 0.1) is 5.41 Å². The quantitative estimate of drug-likeness (QED) is 0.561. The maximum Gasteiger partial charge on any atom is 0.413 e. The van der Waals surface area contributed by atoms with E-state index in [0.29, 0.717) is 0 Å². The highest BCUT2D eigenvalue weighted by molar-refractivity contribution is 7.80. The van der Waals surface area contributed by atoms with Gasteiger partial charge in [0.05, 0.1) is 0 Å². The van der Waals surface area contributed by atoms with E-state index in [2.05, 4.69) is 11.2 Å². The van der Waals surface area contributed by atoms with Crippen molar-refractivity contribution in [3.8, 4) is 0 Å². The summed E-state index contributed by atoms with van der Waals surface area (Å²) in [6.45, 7) is 4.08. The molecule has 1 unspecified atom stereocenters. The van der Waals surface area contributed by atoms with Gasteiger partial charge in [-0.3, -0.25) is 4.55 Å². The Morgan fingerprint density at radius 3 is 2.27 bits per heavy atom. The van der Waals surface area contributed by atoms with Crippen molar-refractivity contribution in [2.45, 2.75) is 45.6 Å². The number of rotatable bonds is 6. The van der Waals surface area contributed by atoms with E-state index in [0.717, 1.165) is 25.7 Å². The average molecular weight is 237 g/mol. The first kappa shape index (κ1) is 12.9. The zero-order valence-electron chi connectivity index (χ0n) is 9.43. The van der Waals surface area contributed by atoms with Gasteiger partial charge >= 0.3 is 10.4 Å². The second-order valence-electron chi connectivity index (χ2n) is 4.19. The van der Waals surface area contributed by atoms with E-state index < -0.39 is 10.4 Å². The molecule has 90 valence electrons. The molecule has 0 heterocycles. The lowest BCUT2D eigenvalue weighted by Crippen LogP contribution is -2.39. The highest BCUT2D eigenvalue weighted by Crippen LogP contribution is 2.54. The molecule has 1 N–H and O–H groups in total. The molecule has 0 aromatic rings. The van der Waals surface area contributed by atoms with Gasteiger partial charge in [0.15, 0.2) is 0 Å². The summed E-state index contributed by atoms with van der Waals surface area (Å²) in [6.07, 6.45) is 4.01. The zero-order chi connectivity index (χ0) is 11.7. The van der Waals surface area contributed by atoms with Crippen molar-refractivity contribution in [3.63, 3.8) is 0 Å². The van der Waals surface area contributed by atoms with Crippen LogP contribution >= 0.6 is 0 Å². The van der Waals surface area contributed by atoms with E-state index in [4.69, 9.17) is 4.55 Å². The van der Waals surface area contributed by atoms with Gasteiger partial charge in [0, 0.05) is 13.1 Å². The Morgan fingerprint density at radius 2 is 2.00 bits per heavy atom. The second kappa shape index (κ2) is 4.37. The summed E-state index contributed by atoms with van der Waals surface area (Å²) in [4.78, 5) is 0. The first-order chi connectivity index (χ1) is 6.84. The highest BCUT2D eigenvalue weighted by atomic mass is 32.3. The smallest absolute Gasteiger partial charge is 0.262 e. The van der Waals surface area contributed by atoms with Crippen molar-refractivity contribution < 1.29 is 17.3 Å². The summed E-state index contributed by atoms with van der Waals surface area (Å²) >= 11 is 0. The third-order valence-corrected chi connectivity index (χ3v) is 3.76. The van der Waals surface area contributed by atoms with Crippen LogP contribution in [0.15, 0.2) is 0 Å². The molecule has 0 spiro atoms. The summed E-state index contributed by atoms with van der Waals surface area (Å²) in [6, 6.07) is 0.0458. The molecule has 0 amide bonds. The molecule has 1 rings (SSSR count). The van der Waals surface area contributed by atoms with Crippen LogP contribution in [0.2, 0.25) is 0 Å². The van der Waals surface area contributed by atoms with Crippen LogP contribution in [-0.2, 0) is 14.7 Å². The fourth-order valence-electron chi connectivity index (χ4n) is 2.36. The predicted octanol–water partition coefficient (Wildman–Crippen LogP) is 1.62. The lowest BCUT2D eigenvalue weighted by molar-refractivity contribution is -0.0976. The van der Waals surface area contributed by atoms with Gasteiger partial charge in [0.2, 0.25) is 0 Å². The van der Waals surface area contributed by atoms with Crippen LogP contribution in [0.3, 0.4) is 0 Å². The number of hydroxylamine groups is 2. The van der Waals surface area contributed by atoms with E-state index >= 15 is 0 Å². The average Bonchev–Trinajstić information content (AvgIpc) is 2.83. The fourth-order valence-corrected chi connectivity index (χ4v) is 2.76. The van der Waals surface area contributed by atoms with Crippen molar-refractivity contribution in [2.24, 2.45) is 5.41 Å².